The van der Waals surface area contributed by atoms with Gasteiger partial charge in [0.1, 0.15) is 12.6 Å². The molecule has 0 aromatic carbocycles. The number of carbonyl (C=O) groups excluding carboxylic acids is 2. The van der Waals surface area contributed by atoms with Crippen molar-refractivity contribution in [2.75, 3.05) is 13.7 Å². The molecule has 1 atom stereocenters. The van der Waals surface area contributed by atoms with Crippen LogP contribution in [0.25, 0.3) is 0 Å². The number of carboxylic acids is 1. The van der Waals surface area contributed by atoms with E-state index in [1.54, 1.807) is 0 Å². The predicted octanol–water partition coefficient (Wildman–Crippen LogP) is -0.819. The highest BCUT2D eigenvalue weighted by Gasteiger charge is 2.21. The van der Waals surface area contributed by atoms with E-state index in [2.05, 4.69) is 10.1 Å². The van der Waals surface area contributed by atoms with Crippen molar-refractivity contribution in [1.82, 2.24) is 5.32 Å². The molecule has 6 nitrogen and oxygen atoms in total. The Balaban J connectivity index is 4.04. The molecule has 0 amide bonds. The first kappa shape index (κ1) is 12.6. The summed E-state index contributed by atoms with van der Waals surface area (Å²) < 4.78 is 4.54. The van der Waals surface area contributed by atoms with Crippen LogP contribution >= 0.6 is 0 Å². The molecule has 0 aliphatic heterocycles. The number of ether oxygens (including phenoxy) is 1. The largest absolute Gasteiger partial charge is 0.481 e. The molecule has 0 aromatic heterocycles. The van der Waals surface area contributed by atoms with Gasteiger partial charge >= 0.3 is 11.9 Å². The first-order valence-electron chi connectivity index (χ1n) is 4.02. The van der Waals surface area contributed by atoms with E-state index in [-0.39, 0.29) is 18.8 Å². The number of esters is 1. The molecule has 6 heteroatoms. The normalized spacial score (nSPS) is 11.9. The van der Waals surface area contributed by atoms with Crippen LogP contribution in [-0.2, 0) is 19.1 Å². The third kappa shape index (κ3) is 5.26. The van der Waals surface area contributed by atoms with Gasteiger partial charge in [0.25, 0.3) is 0 Å². The summed E-state index contributed by atoms with van der Waals surface area (Å²) in [6.45, 7) is 0.954. The van der Waals surface area contributed by atoms with Crippen molar-refractivity contribution in [2.45, 2.75) is 19.4 Å². The zero-order valence-corrected chi connectivity index (χ0v) is 8.07. The number of Topliss-reactive ketones (excluding diaryl/α,β-unsaturated/α-hetero) is 1. The molecule has 0 fully saturated rings. The summed E-state index contributed by atoms with van der Waals surface area (Å²) in [5.41, 5.74) is 0. The lowest BCUT2D eigenvalue weighted by Crippen LogP contribution is -2.38. The van der Waals surface area contributed by atoms with Gasteiger partial charge in [-0.15, -0.1) is 0 Å². The van der Waals surface area contributed by atoms with Crippen LogP contribution in [0.5, 0.6) is 0 Å². The van der Waals surface area contributed by atoms with E-state index in [0.29, 0.717) is 0 Å². The highest BCUT2D eigenvalue weighted by molar-refractivity contribution is 5.84. The van der Waals surface area contributed by atoms with Crippen molar-refractivity contribution in [3.05, 3.63) is 0 Å². The Morgan fingerprint density at radius 1 is 1.43 bits per heavy atom. The Hall–Kier alpha value is -1.43. The Morgan fingerprint density at radius 3 is 2.36 bits per heavy atom. The Labute approximate surface area is 81.2 Å². The van der Waals surface area contributed by atoms with Crippen LogP contribution in [0.4, 0.5) is 0 Å². The lowest BCUT2D eigenvalue weighted by molar-refractivity contribution is -0.152. The van der Waals surface area contributed by atoms with E-state index in [9.17, 15) is 14.4 Å². The highest BCUT2D eigenvalue weighted by Crippen LogP contribution is 1.95. The van der Waals surface area contributed by atoms with Gasteiger partial charge in [-0.25, -0.2) is 0 Å². The fourth-order valence-corrected chi connectivity index (χ4v) is 0.751. The summed E-state index contributed by atoms with van der Waals surface area (Å²) in [5.74, 6) is -2.13. The first-order valence-corrected chi connectivity index (χ1v) is 4.02. The van der Waals surface area contributed by atoms with Gasteiger partial charge in [0.15, 0.2) is 5.78 Å². The molecule has 0 aliphatic rings. The summed E-state index contributed by atoms with van der Waals surface area (Å²) in [6.07, 6.45) is -0.368. The summed E-state index contributed by atoms with van der Waals surface area (Å²) in [4.78, 5) is 31.9. The second-order valence-corrected chi connectivity index (χ2v) is 2.75. The maximum atomic E-state index is 11.1. The molecule has 2 N–H and O–H groups in total. The maximum Gasteiger partial charge on any atom is 0.324 e. The fourth-order valence-electron chi connectivity index (χ4n) is 0.751. The minimum Gasteiger partial charge on any atom is -0.481 e. The Morgan fingerprint density at radius 2 is 2.00 bits per heavy atom. The summed E-state index contributed by atoms with van der Waals surface area (Å²) in [5, 5.41) is 10.9. The molecule has 0 heterocycles. The Kier molecular flexibility index (Phi) is 5.47. The van der Waals surface area contributed by atoms with Crippen LogP contribution in [0.15, 0.2) is 0 Å². The molecule has 80 valence electrons. The van der Waals surface area contributed by atoms with Gasteiger partial charge < -0.3 is 15.2 Å². The third-order valence-corrected chi connectivity index (χ3v) is 1.43. The summed E-state index contributed by atoms with van der Waals surface area (Å²) in [7, 11) is 1.45. The highest BCUT2D eigenvalue weighted by atomic mass is 16.5. The fraction of sp³-hybridized carbons (Fsp3) is 0.625. The molecule has 0 rings (SSSR count). The number of nitrogens with one attached hydrogen (secondary N) is 1. The molecular formula is C8H13NO5. The minimum atomic E-state index is -1.11. The topological polar surface area (TPSA) is 92.7 Å². The lowest BCUT2D eigenvalue weighted by atomic mass is 10.2. The van der Waals surface area contributed by atoms with Crippen molar-refractivity contribution in [2.24, 2.45) is 0 Å². The average molecular weight is 203 g/mol. The van der Waals surface area contributed by atoms with Crippen molar-refractivity contribution in [3.8, 4) is 0 Å². The zero-order chi connectivity index (χ0) is 11.1. The molecule has 0 saturated heterocycles. The number of ketones is 1. The molecule has 0 saturated carbocycles. The zero-order valence-electron chi connectivity index (χ0n) is 8.07. The van der Waals surface area contributed by atoms with E-state index >= 15 is 0 Å². The minimum absolute atomic E-state index is 0.288. The molecule has 0 spiro atoms. The first-order chi connectivity index (χ1) is 6.47. The summed E-state index contributed by atoms with van der Waals surface area (Å²) >= 11 is 0. The second kappa shape index (κ2) is 6.09. The predicted molar refractivity (Wildman–Crippen MR) is 46.7 cm³/mol. The monoisotopic (exact) mass is 203 g/mol. The van der Waals surface area contributed by atoms with E-state index in [4.69, 9.17) is 5.11 Å². The molecule has 1 unspecified atom stereocenters. The number of likely N-dealkylation sites (N-methyl/N-ethyl adjacent to an activating group) is 1. The van der Waals surface area contributed by atoms with Gasteiger partial charge in [0.2, 0.25) is 0 Å². The second-order valence-electron chi connectivity index (χ2n) is 2.75. The molecule has 0 bridgehead atoms. The van der Waals surface area contributed by atoms with E-state index in [1.807, 2.05) is 0 Å². The van der Waals surface area contributed by atoms with Gasteiger partial charge in [-0.3, -0.25) is 14.4 Å². The van der Waals surface area contributed by atoms with Gasteiger partial charge in [-0.05, 0) is 14.0 Å². The molecular weight excluding hydrogens is 190 g/mol. The van der Waals surface area contributed by atoms with Crippen molar-refractivity contribution >= 4 is 17.7 Å². The van der Waals surface area contributed by atoms with Crippen LogP contribution in [0.3, 0.4) is 0 Å². The van der Waals surface area contributed by atoms with E-state index in [1.165, 1.54) is 14.0 Å². The van der Waals surface area contributed by atoms with Crippen LogP contribution in [0.2, 0.25) is 0 Å². The maximum absolute atomic E-state index is 11.1. The number of hydrogen-bond donors (Lipinski definition) is 2. The van der Waals surface area contributed by atoms with Crippen molar-refractivity contribution in [1.29, 1.82) is 0 Å². The number of carboxylic acid groups (broad SMARTS) is 1. The quantitative estimate of drug-likeness (QED) is 0.548. The SMILES string of the molecule is CNC(CC(=O)O)C(=O)OCC(C)=O. The van der Waals surface area contributed by atoms with Gasteiger partial charge in [0, 0.05) is 0 Å². The molecule has 0 aliphatic carbocycles. The van der Waals surface area contributed by atoms with Gasteiger partial charge in [-0.1, -0.05) is 0 Å². The smallest absolute Gasteiger partial charge is 0.324 e. The van der Waals surface area contributed by atoms with Crippen molar-refractivity contribution < 1.29 is 24.2 Å². The van der Waals surface area contributed by atoms with Gasteiger partial charge in [-0.2, -0.15) is 0 Å². The van der Waals surface area contributed by atoms with E-state index < -0.39 is 18.0 Å². The average Bonchev–Trinajstić information content (AvgIpc) is 2.09. The third-order valence-electron chi connectivity index (χ3n) is 1.43. The molecule has 0 radical (unpaired) electrons. The summed E-state index contributed by atoms with van der Waals surface area (Å²) in [6, 6.07) is -0.910. The van der Waals surface area contributed by atoms with Crippen LogP contribution in [-0.4, -0.2) is 42.5 Å². The van der Waals surface area contributed by atoms with Gasteiger partial charge in [0.05, 0.1) is 6.42 Å². The number of carbonyl (C=O) groups is 3. The molecule has 14 heavy (non-hydrogen) atoms. The van der Waals surface area contributed by atoms with Crippen molar-refractivity contribution in [3.63, 3.8) is 0 Å². The van der Waals surface area contributed by atoms with E-state index in [0.717, 1.165) is 0 Å². The Bertz CT molecular complexity index is 238. The van der Waals surface area contributed by atoms with Crippen LogP contribution in [0.1, 0.15) is 13.3 Å². The number of hydrogen-bond acceptors (Lipinski definition) is 5. The number of aliphatic carboxylic acids is 1. The van der Waals surface area contributed by atoms with Crippen LogP contribution in [0, 0.1) is 0 Å². The number of rotatable bonds is 6. The lowest BCUT2D eigenvalue weighted by Gasteiger charge is -2.11. The molecule has 0 aromatic rings. The standard InChI is InChI=1S/C8H13NO5/c1-5(10)4-14-8(13)6(9-2)3-7(11)12/h6,9H,3-4H2,1-2H3,(H,11,12). The van der Waals surface area contributed by atoms with Crippen LogP contribution < -0.4 is 5.32 Å².